The third-order valence-electron chi connectivity index (χ3n) is 7.78. The lowest BCUT2D eigenvalue weighted by atomic mass is 9.79. The molecule has 0 spiro atoms. The highest BCUT2D eigenvalue weighted by Gasteiger charge is 2.43. The molecule has 2 aromatic carbocycles. The van der Waals surface area contributed by atoms with Crippen LogP contribution in [0.15, 0.2) is 41.3 Å². The first-order valence-electron chi connectivity index (χ1n) is 13.3. The van der Waals surface area contributed by atoms with Gasteiger partial charge in [0.05, 0.1) is 26.2 Å². The molecule has 0 aliphatic carbocycles. The van der Waals surface area contributed by atoms with Crippen molar-refractivity contribution in [2.24, 2.45) is 0 Å². The van der Waals surface area contributed by atoms with E-state index in [2.05, 4.69) is 22.0 Å². The molecule has 2 atom stereocenters. The molecule has 9 heteroatoms. The number of nitrogens with one attached hydrogen (secondary N) is 1. The van der Waals surface area contributed by atoms with Gasteiger partial charge in [-0.25, -0.2) is 0 Å². The summed E-state index contributed by atoms with van der Waals surface area (Å²) in [5, 5.41) is 3.19. The third kappa shape index (κ3) is 5.95. The number of rotatable bonds is 10. The van der Waals surface area contributed by atoms with Crippen molar-refractivity contribution in [1.82, 2.24) is 20.0 Å². The molecule has 2 aliphatic rings. The van der Waals surface area contributed by atoms with E-state index in [4.69, 9.17) is 9.47 Å². The standard InChI is InChI=1S/C29H40N4O4S/c1-6-32-14-16-33(17-15-32)13-7-12-30-28(34)26-22-18-24(36-3)25(37-4)19-23(22)29(35)31(2)27(26)20-8-10-21(38-5)11-9-20/h8-11,18-19,26-27H,6-7,12-17H2,1-5H3,(H,30,34)/t26-,27+/m0/s1. The maximum absolute atomic E-state index is 13.9. The summed E-state index contributed by atoms with van der Waals surface area (Å²) in [4.78, 5) is 35.1. The number of benzene rings is 2. The fourth-order valence-electron chi connectivity index (χ4n) is 5.50. The van der Waals surface area contributed by atoms with Gasteiger partial charge in [0.15, 0.2) is 11.5 Å². The lowest BCUT2D eigenvalue weighted by Crippen LogP contribution is -2.47. The molecule has 2 aromatic rings. The Morgan fingerprint density at radius 1 is 1.03 bits per heavy atom. The van der Waals surface area contributed by atoms with E-state index < -0.39 is 12.0 Å². The molecule has 2 heterocycles. The van der Waals surface area contributed by atoms with E-state index in [-0.39, 0.29) is 11.8 Å². The van der Waals surface area contributed by atoms with Crippen molar-refractivity contribution in [1.29, 1.82) is 0 Å². The summed E-state index contributed by atoms with van der Waals surface area (Å²) >= 11 is 1.66. The zero-order chi connectivity index (χ0) is 27.2. The van der Waals surface area contributed by atoms with E-state index >= 15 is 0 Å². The highest BCUT2D eigenvalue weighted by Crippen LogP contribution is 2.45. The monoisotopic (exact) mass is 540 g/mol. The predicted molar refractivity (Wildman–Crippen MR) is 152 cm³/mol. The van der Waals surface area contributed by atoms with Crippen LogP contribution in [0.1, 0.15) is 46.8 Å². The first-order chi connectivity index (χ1) is 18.4. The Morgan fingerprint density at radius 2 is 1.66 bits per heavy atom. The molecular formula is C29H40N4O4S. The van der Waals surface area contributed by atoms with Crippen LogP contribution in [-0.2, 0) is 4.79 Å². The summed E-state index contributed by atoms with van der Waals surface area (Å²) in [5.74, 6) is 0.158. The van der Waals surface area contributed by atoms with Crippen LogP contribution in [0.4, 0.5) is 0 Å². The second kappa shape index (κ2) is 12.9. The van der Waals surface area contributed by atoms with Gasteiger partial charge >= 0.3 is 0 Å². The van der Waals surface area contributed by atoms with Gasteiger partial charge < -0.3 is 29.5 Å². The van der Waals surface area contributed by atoms with Crippen molar-refractivity contribution >= 4 is 23.6 Å². The van der Waals surface area contributed by atoms with Crippen molar-refractivity contribution in [2.75, 3.05) is 73.3 Å². The van der Waals surface area contributed by atoms with Gasteiger partial charge in [0, 0.05) is 50.2 Å². The minimum Gasteiger partial charge on any atom is -0.493 e. The van der Waals surface area contributed by atoms with Gasteiger partial charge in [0.1, 0.15) is 0 Å². The number of thioether (sulfide) groups is 1. The molecule has 8 nitrogen and oxygen atoms in total. The van der Waals surface area contributed by atoms with E-state index in [1.54, 1.807) is 50.1 Å². The first kappa shape index (κ1) is 28.3. The van der Waals surface area contributed by atoms with E-state index in [9.17, 15) is 9.59 Å². The molecule has 38 heavy (non-hydrogen) atoms. The van der Waals surface area contributed by atoms with E-state index in [1.807, 2.05) is 30.5 Å². The smallest absolute Gasteiger partial charge is 0.254 e. The number of hydrogen-bond donors (Lipinski definition) is 1. The molecule has 0 aromatic heterocycles. The number of methoxy groups -OCH3 is 2. The summed E-state index contributed by atoms with van der Waals surface area (Å²) in [6.45, 7) is 9.19. The Balaban J connectivity index is 1.58. The van der Waals surface area contributed by atoms with Gasteiger partial charge in [-0.2, -0.15) is 0 Å². The molecule has 2 aliphatic heterocycles. The molecule has 2 amide bonds. The number of carbonyl (C=O) groups is 2. The average molecular weight is 541 g/mol. The Labute approximate surface area is 230 Å². The number of amides is 2. The molecule has 0 radical (unpaired) electrons. The zero-order valence-electron chi connectivity index (χ0n) is 23.2. The Kier molecular flexibility index (Phi) is 9.57. The molecule has 1 saturated heterocycles. The molecule has 4 rings (SSSR count). The summed E-state index contributed by atoms with van der Waals surface area (Å²) in [6, 6.07) is 11.2. The number of likely N-dealkylation sites (N-methyl/N-ethyl adjacent to an activating group) is 2. The van der Waals surface area contributed by atoms with Crippen molar-refractivity contribution in [2.45, 2.75) is 30.2 Å². The molecule has 0 bridgehead atoms. The molecule has 0 saturated carbocycles. The Bertz CT molecular complexity index is 1120. The number of hydrogen-bond acceptors (Lipinski definition) is 7. The van der Waals surface area contributed by atoms with Crippen LogP contribution in [0.25, 0.3) is 0 Å². The normalized spacial score (nSPS) is 20.2. The maximum atomic E-state index is 13.9. The Morgan fingerprint density at radius 3 is 2.26 bits per heavy atom. The van der Waals surface area contributed by atoms with Crippen molar-refractivity contribution < 1.29 is 19.1 Å². The van der Waals surface area contributed by atoms with Crippen LogP contribution in [0.3, 0.4) is 0 Å². The maximum Gasteiger partial charge on any atom is 0.254 e. The average Bonchev–Trinajstić information content (AvgIpc) is 2.96. The largest absolute Gasteiger partial charge is 0.493 e. The van der Waals surface area contributed by atoms with Crippen LogP contribution in [-0.4, -0.2) is 99.9 Å². The summed E-state index contributed by atoms with van der Waals surface area (Å²) in [7, 11) is 4.88. The third-order valence-corrected chi connectivity index (χ3v) is 8.52. The number of fused-ring (bicyclic) bond motifs is 1. The SMILES string of the molecule is CCN1CCN(CCCNC(=O)[C@H]2c3cc(OC)c(OC)cc3C(=O)N(C)[C@@H]2c2ccc(SC)cc2)CC1. The number of carbonyl (C=O) groups excluding carboxylic acids is 2. The highest BCUT2D eigenvalue weighted by atomic mass is 32.2. The predicted octanol–water partition coefficient (Wildman–Crippen LogP) is 3.48. The fraction of sp³-hybridized carbons (Fsp3) is 0.517. The van der Waals surface area contributed by atoms with Crippen LogP contribution in [0.2, 0.25) is 0 Å². The molecule has 1 N–H and O–H groups in total. The van der Waals surface area contributed by atoms with Crippen LogP contribution >= 0.6 is 11.8 Å². The second-order valence-corrected chi connectivity index (χ2v) is 10.7. The highest BCUT2D eigenvalue weighted by molar-refractivity contribution is 7.98. The molecular weight excluding hydrogens is 500 g/mol. The zero-order valence-corrected chi connectivity index (χ0v) is 24.0. The summed E-state index contributed by atoms with van der Waals surface area (Å²) < 4.78 is 11.0. The second-order valence-electron chi connectivity index (χ2n) is 9.83. The van der Waals surface area contributed by atoms with E-state index in [0.29, 0.717) is 29.2 Å². The quantitative estimate of drug-likeness (QED) is 0.365. The van der Waals surface area contributed by atoms with Crippen LogP contribution in [0, 0.1) is 0 Å². The fourth-order valence-corrected chi connectivity index (χ4v) is 5.91. The van der Waals surface area contributed by atoms with Gasteiger partial charge in [0.2, 0.25) is 5.91 Å². The number of piperazine rings is 1. The molecule has 0 unspecified atom stereocenters. The Hall–Kier alpha value is -2.75. The van der Waals surface area contributed by atoms with Gasteiger partial charge in [-0.1, -0.05) is 19.1 Å². The minimum atomic E-state index is -0.583. The summed E-state index contributed by atoms with van der Waals surface area (Å²) in [6.07, 6.45) is 2.91. The minimum absolute atomic E-state index is 0.0902. The summed E-state index contributed by atoms with van der Waals surface area (Å²) in [5.41, 5.74) is 2.06. The van der Waals surface area contributed by atoms with E-state index in [0.717, 1.165) is 56.1 Å². The lowest BCUT2D eigenvalue weighted by molar-refractivity contribution is -0.124. The van der Waals surface area contributed by atoms with Crippen molar-refractivity contribution in [3.8, 4) is 11.5 Å². The lowest BCUT2D eigenvalue weighted by Gasteiger charge is -2.40. The van der Waals surface area contributed by atoms with Gasteiger partial charge in [-0.05, 0) is 61.2 Å². The van der Waals surface area contributed by atoms with Crippen molar-refractivity contribution in [3.05, 3.63) is 53.1 Å². The van der Waals surface area contributed by atoms with E-state index in [1.165, 1.54) is 0 Å². The van der Waals surface area contributed by atoms with Gasteiger partial charge in [-0.3, -0.25) is 9.59 Å². The van der Waals surface area contributed by atoms with Crippen LogP contribution < -0.4 is 14.8 Å². The van der Waals surface area contributed by atoms with Gasteiger partial charge in [0.25, 0.3) is 5.91 Å². The first-order valence-corrected chi connectivity index (χ1v) is 14.5. The number of nitrogens with zero attached hydrogens (tertiary/aromatic N) is 3. The molecule has 1 fully saturated rings. The number of ether oxygens (including phenoxy) is 2. The molecule has 206 valence electrons. The topological polar surface area (TPSA) is 74.4 Å². The van der Waals surface area contributed by atoms with Crippen molar-refractivity contribution in [3.63, 3.8) is 0 Å². The van der Waals surface area contributed by atoms with Gasteiger partial charge in [-0.15, -0.1) is 11.8 Å². The van der Waals surface area contributed by atoms with Crippen LogP contribution in [0.5, 0.6) is 11.5 Å².